The molecule has 1 aromatic heterocycles. The van der Waals surface area contributed by atoms with Gasteiger partial charge in [0.25, 0.3) is 0 Å². The lowest BCUT2D eigenvalue weighted by molar-refractivity contribution is 1.04. The van der Waals surface area contributed by atoms with Crippen LogP contribution < -0.4 is 16.6 Å². The molecule has 0 saturated carbocycles. The van der Waals surface area contributed by atoms with Gasteiger partial charge < -0.3 is 15.7 Å². The normalized spacial score (nSPS) is 10.3. The Balaban J connectivity index is 2.33. The topological polar surface area (TPSA) is 78.8 Å². The Labute approximate surface area is 96.0 Å². The summed E-state index contributed by atoms with van der Waals surface area (Å²) in [6.07, 6.45) is 0. The second kappa shape index (κ2) is 4.01. The van der Waals surface area contributed by atoms with Gasteiger partial charge in [0, 0.05) is 5.69 Å². The van der Waals surface area contributed by atoms with Crippen LogP contribution in [0.15, 0.2) is 18.2 Å². The number of imidazole rings is 1. The molecular formula is C8H8ClN5S. The fraction of sp³-hybridized carbons (Fsp3) is 0. The lowest BCUT2D eigenvalue weighted by Gasteiger charge is -2.05. The van der Waals surface area contributed by atoms with Crippen molar-refractivity contribution in [2.75, 3.05) is 5.32 Å². The van der Waals surface area contributed by atoms with Crippen LogP contribution in [0.1, 0.15) is 0 Å². The van der Waals surface area contributed by atoms with Crippen molar-refractivity contribution in [3.05, 3.63) is 23.5 Å². The Kier molecular flexibility index (Phi) is 2.72. The molecule has 2 aromatic rings. The fourth-order valence-corrected chi connectivity index (χ4v) is 1.53. The number of rotatable bonds is 1. The van der Waals surface area contributed by atoms with Crippen molar-refractivity contribution in [3.8, 4) is 0 Å². The van der Waals surface area contributed by atoms with Gasteiger partial charge in [0.05, 0.1) is 11.0 Å². The number of halogens is 1. The van der Waals surface area contributed by atoms with Gasteiger partial charge in [0.2, 0.25) is 5.28 Å². The van der Waals surface area contributed by atoms with Gasteiger partial charge in [-0.25, -0.2) is 10.8 Å². The fourth-order valence-electron chi connectivity index (χ4n) is 1.22. The molecule has 0 radical (unpaired) electrons. The number of fused-ring (bicyclic) bond motifs is 1. The molecule has 0 aliphatic rings. The number of aromatic nitrogens is 2. The van der Waals surface area contributed by atoms with Crippen molar-refractivity contribution >= 4 is 45.7 Å². The Morgan fingerprint density at radius 3 is 3.07 bits per heavy atom. The minimum absolute atomic E-state index is 0.347. The number of nitrogens with zero attached hydrogens (tertiary/aromatic N) is 1. The molecule has 0 spiro atoms. The zero-order valence-electron chi connectivity index (χ0n) is 7.54. The zero-order valence-corrected chi connectivity index (χ0v) is 9.12. The van der Waals surface area contributed by atoms with Crippen LogP contribution in [-0.4, -0.2) is 15.1 Å². The first-order chi connectivity index (χ1) is 7.19. The molecule has 0 aliphatic heterocycles. The predicted octanol–water partition coefficient (Wildman–Crippen LogP) is 1.38. The summed E-state index contributed by atoms with van der Waals surface area (Å²) in [5, 5.41) is 3.61. The van der Waals surface area contributed by atoms with E-state index >= 15 is 0 Å². The molecule has 78 valence electrons. The summed E-state index contributed by atoms with van der Waals surface area (Å²) in [5.41, 5.74) is 4.79. The largest absolute Gasteiger partial charge is 0.332 e. The van der Waals surface area contributed by atoms with Gasteiger partial charge in [-0.3, -0.25) is 0 Å². The third kappa shape index (κ3) is 2.17. The minimum Gasteiger partial charge on any atom is -0.332 e. The maximum Gasteiger partial charge on any atom is 0.201 e. The third-order valence-electron chi connectivity index (χ3n) is 1.84. The molecule has 5 N–H and O–H groups in total. The summed E-state index contributed by atoms with van der Waals surface area (Å²) < 4.78 is 0. The van der Waals surface area contributed by atoms with Gasteiger partial charge in [-0.1, -0.05) is 0 Å². The molecule has 15 heavy (non-hydrogen) atoms. The smallest absolute Gasteiger partial charge is 0.201 e. The van der Waals surface area contributed by atoms with Crippen molar-refractivity contribution in [2.24, 2.45) is 5.84 Å². The van der Waals surface area contributed by atoms with E-state index in [1.807, 2.05) is 18.2 Å². The van der Waals surface area contributed by atoms with Crippen LogP contribution in [0.5, 0.6) is 0 Å². The Hall–Kier alpha value is -1.37. The van der Waals surface area contributed by atoms with Crippen molar-refractivity contribution in [1.29, 1.82) is 0 Å². The average molecular weight is 242 g/mol. The summed E-state index contributed by atoms with van der Waals surface area (Å²) >= 11 is 10.6. The molecule has 0 bridgehead atoms. The van der Waals surface area contributed by atoms with Gasteiger partial charge in [-0.05, 0) is 42.0 Å². The summed E-state index contributed by atoms with van der Waals surface area (Å²) in [6, 6.07) is 5.51. The van der Waals surface area contributed by atoms with Crippen molar-refractivity contribution < 1.29 is 0 Å². The second-order valence-electron chi connectivity index (χ2n) is 2.86. The van der Waals surface area contributed by atoms with Crippen LogP contribution in [0.25, 0.3) is 11.0 Å². The highest BCUT2D eigenvalue weighted by Crippen LogP contribution is 2.18. The highest BCUT2D eigenvalue weighted by atomic mass is 35.5. The summed E-state index contributed by atoms with van der Waals surface area (Å²) in [7, 11) is 0. The first-order valence-corrected chi connectivity index (χ1v) is 4.90. The summed E-state index contributed by atoms with van der Waals surface area (Å²) in [4.78, 5) is 6.97. The Morgan fingerprint density at radius 2 is 2.33 bits per heavy atom. The van der Waals surface area contributed by atoms with Crippen LogP contribution in [0.4, 0.5) is 5.69 Å². The number of hydrazine groups is 1. The van der Waals surface area contributed by atoms with Gasteiger partial charge in [0.15, 0.2) is 5.11 Å². The average Bonchev–Trinajstić information content (AvgIpc) is 2.57. The SMILES string of the molecule is NNC(=S)Nc1ccc2nc(Cl)[nH]c2c1. The number of aromatic amines is 1. The molecule has 0 aliphatic carbocycles. The molecule has 0 amide bonds. The number of thiocarbonyl (C=S) groups is 1. The molecule has 7 heteroatoms. The van der Waals surface area contributed by atoms with Crippen molar-refractivity contribution in [1.82, 2.24) is 15.4 Å². The molecular weight excluding hydrogens is 234 g/mol. The van der Waals surface area contributed by atoms with Gasteiger partial charge >= 0.3 is 0 Å². The summed E-state index contributed by atoms with van der Waals surface area (Å²) in [5.74, 6) is 5.14. The highest BCUT2D eigenvalue weighted by molar-refractivity contribution is 7.80. The van der Waals surface area contributed by atoms with E-state index in [1.165, 1.54) is 0 Å². The van der Waals surface area contributed by atoms with E-state index in [2.05, 4.69) is 20.7 Å². The first kappa shape index (κ1) is 10.2. The van der Waals surface area contributed by atoms with Crippen LogP contribution in [0.2, 0.25) is 5.28 Å². The first-order valence-electron chi connectivity index (χ1n) is 4.12. The number of nitrogens with one attached hydrogen (secondary N) is 3. The monoisotopic (exact) mass is 241 g/mol. The molecule has 0 fully saturated rings. The standard InChI is InChI=1S/C8H8ClN5S/c9-7-12-5-2-1-4(3-6(5)13-7)11-8(15)14-10/h1-3H,10H2,(H,12,13)(H2,11,14,15). The number of anilines is 1. The highest BCUT2D eigenvalue weighted by Gasteiger charge is 2.02. The van der Waals surface area contributed by atoms with E-state index in [1.54, 1.807) is 0 Å². The number of benzene rings is 1. The van der Waals surface area contributed by atoms with E-state index in [4.69, 9.17) is 29.7 Å². The van der Waals surface area contributed by atoms with E-state index in [-0.39, 0.29) is 0 Å². The molecule has 5 nitrogen and oxygen atoms in total. The Morgan fingerprint density at radius 1 is 1.53 bits per heavy atom. The third-order valence-corrected chi connectivity index (χ3v) is 2.24. The molecule has 0 unspecified atom stereocenters. The minimum atomic E-state index is 0.347. The van der Waals surface area contributed by atoms with Gasteiger partial charge in [-0.2, -0.15) is 0 Å². The lowest BCUT2D eigenvalue weighted by Crippen LogP contribution is -2.34. The van der Waals surface area contributed by atoms with E-state index in [0.717, 1.165) is 16.7 Å². The van der Waals surface area contributed by atoms with Gasteiger partial charge in [-0.15, -0.1) is 0 Å². The Bertz CT molecular complexity index is 509. The molecule has 0 saturated heterocycles. The van der Waals surface area contributed by atoms with E-state index in [9.17, 15) is 0 Å². The number of H-pyrrole nitrogens is 1. The molecule has 2 rings (SSSR count). The molecule has 1 aromatic carbocycles. The maximum absolute atomic E-state index is 5.72. The molecule has 0 atom stereocenters. The van der Waals surface area contributed by atoms with Crippen molar-refractivity contribution in [2.45, 2.75) is 0 Å². The van der Waals surface area contributed by atoms with E-state index in [0.29, 0.717) is 10.4 Å². The van der Waals surface area contributed by atoms with E-state index < -0.39 is 0 Å². The maximum atomic E-state index is 5.72. The summed E-state index contributed by atoms with van der Waals surface area (Å²) in [6.45, 7) is 0. The number of nitrogens with two attached hydrogens (primary N) is 1. The predicted molar refractivity (Wildman–Crippen MR) is 64.6 cm³/mol. The van der Waals surface area contributed by atoms with Gasteiger partial charge in [0.1, 0.15) is 0 Å². The second-order valence-corrected chi connectivity index (χ2v) is 3.62. The van der Waals surface area contributed by atoms with Crippen LogP contribution in [-0.2, 0) is 0 Å². The number of hydrogen-bond donors (Lipinski definition) is 4. The van der Waals surface area contributed by atoms with Crippen LogP contribution in [0, 0.1) is 0 Å². The van der Waals surface area contributed by atoms with Crippen LogP contribution in [0.3, 0.4) is 0 Å². The zero-order chi connectivity index (χ0) is 10.8. The quantitative estimate of drug-likeness (QED) is 0.345. The number of hydrogen-bond acceptors (Lipinski definition) is 3. The molecule has 1 heterocycles. The van der Waals surface area contributed by atoms with Crippen LogP contribution >= 0.6 is 23.8 Å². The van der Waals surface area contributed by atoms with Crippen molar-refractivity contribution in [3.63, 3.8) is 0 Å². The lowest BCUT2D eigenvalue weighted by atomic mass is 10.3.